The van der Waals surface area contributed by atoms with Gasteiger partial charge in [-0.15, -0.1) is 0 Å². The maximum atomic E-state index is 10.1. The van der Waals surface area contributed by atoms with Gasteiger partial charge in [0.1, 0.15) is 12.0 Å². The van der Waals surface area contributed by atoms with Gasteiger partial charge in [0.25, 0.3) is 0 Å². The number of rotatable bonds is 8. The summed E-state index contributed by atoms with van der Waals surface area (Å²) in [6.45, 7) is 5.16. The number of ether oxygens (including phenoxy) is 1. The summed E-state index contributed by atoms with van der Waals surface area (Å²) in [4.78, 5) is 0. The van der Waals surface area contributed by atoms with E-state index in [9.17, 15) is 5.11 Å². The lowest BCUT2D eigenvalue weighted by molar-refractivity contribution is 0.137. The van der Waals surface area contributed by atoms with Crippen LogP contribution in [0.25, 0.3) is 0 Å². The molecule has 0 saturated carbocycles. The molecule has 0 amide bonds. The molecule has 0 heterocycles. The van der Waals surface area contributed by atoms with Crippen molar-refractivity contribution in [3.8, 4) is 5.75 Å². The maximum Gasteiger partial charge on any atom is 0.131 e. The van der Waals surface area contributed by atoms with Crippen LogP contribution in [0.15, 0.2) is 48.5 Å². The molecule has 124 valence electrons. The van der Waals surface area contributed by atoms with Gasteiger partial charge in [0, 0.05) is 11.4 Å². The van der Waals surface area contributed by atoms with Crippen molar-refractivity contribution < 1.29 is 9.84 Å². The van der Waals surface area contributed by atoms with Gasteiger partial charge in [-0.1, -0.05) is 26.0 Å². The molecule has 0 aliphatic carbocycles. The number of anilines is 2. The highest BCUT2D eigenvalue weighted by Gasteiger charge is 2.06. The fourth-order valence-corrected chi connectivity index (χ4v) is 2.22. The fraction of sp³-hybridized carbons (Fsp3) is 0.368. The first-order valence-electron chi connectivity index (χ1n) is 8.01. The Balaban J connectivity index is 1.90. The van der Waals surface area contributed by atoms with Gasteiger partial charge in [0.2, 0.25) is 0 Å². The highest BCUT2D eigenvalue weighted by atomic mass is 16.5. The molecule has 3 N–H and O–H groups in total. The minimum atomic E-state index is -0.621. The van der Waals surface area contributed by atoms with Crippen LogP contribution in [0, 0.1) is 5.92 Å². The minimum Gasteiger partial charge on any atom is -0.497 e. The molecule has 0 fully saturated rings. The van der Waals surface area contributed by atoms with Crippen molar-refractivity contribution in [2.45, 2.75) is 26.5 Å². The number of aliphatic hydroxyl groups is 1. The minimum absolute atomic E-state index is 0.621. The first kappa shape index (κ1) is 17.3. The second kappa shape index (κ2) is 8.56. The number of methoxy groups -OCH3 is 1. The standard InChI is InChI=1S/C19H26N2O2/c1-14(2)12-13-20-19(22)15-4-6-16(7-5-15)21-17-8-10-18(23-3)11-9-17/h4-11,14,19-22H,12-13H2,1-3H3. The summed E-state index contributed by atoms with van der Waals surface area (Å²) in [7, 11) is 1.65. The lowest BCUT2D eigenvalue weighted by Crippen LogP contribution is -2.22. The SMILES string of the molecule is COc1ccc(Nc2ccc(C(O)NCCC(C)C)cc2)cc1. The van der Waals surface area contributed by atoms with Crippen LogP contribution in [0.4, 0.5) is 11.4 Å². The second-order valence-corrected chi connectivity index (χ2v) is 6.01. The van der Waals surface area contributed by atoms with Crippen molar-refractivity contribution in [2.75, 3.05) is 19.0 Å². The van der Waals surface area contributed by atoms with Gasteiger partial charge in [-0.05, 0) is 60.8 Å². The largest absolute Gasteiger partial charge is 0.497 e. The highest BCUT2D eigenvalue weighted by Crippen LogP contribution is 2.21. The van der Waals surface area contributed by atoms with E-state index in [-0.39, 0.29) is 0 Å². The summed E-state index contributed by atoms with van der Waals surface area (Å²) >= 11 is 0. The van der Waals surface area contributed by atoms with Gasteiger partial charge in [0.05, 0.1) is 7.11 Å². The van der Waals surface area contributed by atoms with E-state index in [2.05, 4.69) is 24.5 Å². The van der Waals surface area contributed by atoms with E-state index in [1.54, 1.807) is 7.11 Å². The summed E-state index contributed by atoms with van der Waals surface area (Å²) in [6.07, 6.45) is 0.428. The van der Waals surface area contributed by atoms with Crippen molar-refractivity contribution in [2.24, 2.45) is 5.92 Å². The molecule has 2 aromatic carbocycles. The van der Waals surface area contributed by atoms with E-state index in [4.69, 9.17) is 4.74 Å². The summed E-state index contributed by atoms with van der Waals surface area (Å²) < 4.78 is 5.15. The third kappa shape index (κ3) is 5.58. The predicted octanol–water partition coefficient (Wildman–Crippen LogP) is 4.07. The van der Waals surface area contributed by atoms with Crippen LogP contribution in [0.1, 0.15) is 32.1 Å². The number of benzene rings is 2. The average Bonchev–Trinajstić information content (AvgIpc) is 2.56. The van der Waals surface area contributed by atoms with Crippen molar-refractivity contribution in [3.05, 3.63) is 54.1 Å². The van der Waals surface area contributed by atoms with Gasteiger partial charge in [-0.3, -0.25) is 5.32 Å². The maximum absolute atomic E-state index is 10.1. The summed E-state index contributed by atoms with van der Waals surface area (Å²) in [5.74, 6) is 1.47. The molecule has 1 atom stereocenters. The Kier molecular flexibility index (Phi) is 6.44. The lowest BCUT2D eigenvalue weighted by Gasteiger charge is -2.15. The number of hydrogen-bond donors (Lipinski definition) is 3. The monoisotopic (exact) mass is 314 g/mol. The third-order valence-electron chi connectivity index (χ3n) is 3.66. The van der Waals surface area contributed by atoms with E-state index in [0.29, 0.717) is 5.92 Å². The van der Waals surface area contributed by atoms with Crippen LogP contribution in [0.2, 0.25) is 0 Å². The topological polar surface area (TPSA) is 53.5 Å². The van der Waals surface area contributed by atoms with Gasteiger partial charge >= 0.3 is 0 Å². The van der Waals surface area contributed by atoms with E-state index in [0.717, 1.165) is 35.7 Å². The molecule has 0 radical (unpaired) electrons. The Morgan fingerprint density at radius 1 is 0.957 bits per heavy atom. The lowest BCUT2D eigenvalue weighted by atomic mass is 10.1. The van der Waals surface area contributed by atoms with Crippen molar-refractivity contribution in [3.63, 3.8) is 0 Å². The molecule has 0 aromatic heterocycles. The molecule has 1 unspecified atom stereocenters. The van der Waals surface area contributed by atoms with Crippen LogP contribution in [0.5, 0.6) is 5.75 Å². The fourth-order valence-electron chi connectivity index (χ4n) is 2.22. The molecule has 2 rings (SSSR count). The van der Waals surface area contributed by atoms with Crippen LogP contribution < -0.4 is 15.4 Å². The Morgan fingerprint density at radius 3 is 2.04 bits per heavy atom. The zero-order valence-corrected chi connectivity index (χ0v) is 14.0. The van der Waals surface area contributed by atoms with E-state index < -0.39 is 6.23 Å². The normalized spacial score (nSPS) is 12.2. The highest BCUT2D eigenvalue weighted by molar-refractivity contribution is 5.60. The van der Waals surface area contributed by atoms with Gasteiger partial charge in [0.15, 0.2) is 0 Å². The Labute approximate surface area is 138 Å². The van der Waals surface area contributed by atoms with Crippen molar-refractivity contribution in [1.82, 2.24) is 5.32 Å². The molecule has 0 spiro atoms. The smallest absolute Gasteiger partial charge is 0.131 e. The molecular formula is C19H26N2O2. The molecular weight excluding hydrogens is 288 g/mol. The van der Waals surface area contributed by atoms with Crippen LogP contribution in [-0.2, 0) is 0 Å². The van der Waals surface area contributed by atoms with Gasteiger partial charge < -0.3 is 15.2 Å². The third-order valence-corrected chi connectivity index (χ3v) is 3.66. The molecule has 23 heavy (non-hydrogen) atoms. The van der Waals surface area contributed by atoms with E-state index in [1.807, 2.05) is 48.5 Å². The van der Waals surface area contributed by atoms with Crippen LogP contribution in [0.3, 0.4) is 0 Å². The molecule has 4 heteroatoms. The summed E-state index contributed by atoms with van der Waals surface area (Å²) in [5.41, 5.74) is 2.84. The van der Waals surface area contributed by atoms with E-state index >= 15 is 0 Å². The van der Waals surface area contributed by atoms with Gasteiger partial charge in [-0.25, -0.2) is 0 Å². The van der Waals surface area contributed by atoms with E-state index in [1.165, 1.54) is 0 Å². The Morgan fingerprint density at radius 2 is 1.52 bits per heavy atom. The Hall–Kier alpha value is -2.04. The molecule has 0 saturated heterocycles. The molecule has 0 aliphatic heterocycles. The van der Waals surface area contributed by atoms with Crippen LogP contribution >= 0.6 is 0 Å². The zero-order valence-electron chi connectivity index (χ0n) is 14.0. The van der Waals surface area contributed by atoms with Crippen molar-refractivity contribution >= 4 is 11.4 Å². The molecule has 2 aromatic rings. The molecule has 0 bridgehead atoms. The predicted molar refractivity (Wildman–Crippen MR) is 95.1 cm³/mol. The van der Waals surface area contributed by atoms with Crippen molar-refractivity contribution in [1.29, 1.82) is 0 Å². The first-order chi connectivity index (χ1) is 11.1. The number of aliphatic hydroxyl groups excluding tert-OH is 1. The second-order valence-electron chi connectivity index (χ2n) is 6.01. The zero-order chi connectivity index (χ0) is 16.7. The first-order valence-corrected chi connectivity index (χ1v) is 8.01. The summed E-state index contributed by atoms with van der Waals surface area (Å²) in [6, 6.07) is 15.6. The quantitative estimate of drug-likeness (QED) is 0.643. The average molecular weight is 314 g/mol. The van der Waals surface area contributed by atoms with Gasteiger partial charge in [-0.2, -0.15) is 0 Å². The molecule has 4 nitrogen and oxygen atoms in total. The number of hydrogen-bond acceptors (Lipinski definition) is 4. The van der Waals surface area contributed by atoms with Crippen LogP contribution in [-0.4, -0.2) is 18.8 Å². The number of nitrogens with one attached hydrogen (secondary N) is 2. The Bertz CT molecular complexity index is 579. The summed E-state index contributed by atoms with van der Waals surface area (Å²) in [5, 5.41) is 16.6. The molecule has 0 aliphatic rings.